The van der Waals surface area contributed by atoms with Gasteiger partial charge >= 0.3 is 0 Å². The zero-order valence-corrected chi connectivity index (χ0v) is 15.8. The van der Waals surface area contributed by atoms with Crippen molar-refractivity contribution in [1.82, 2.24) is 24.9 Å². The third-order valence-electron chi connectivity index (χ3n) is 4.38. The van der Waals surface area contributed by atoms with Gasteiger partial charge in [-0.2, -0.15) is 11.3 Å². The van der Waals surface area contributed by atoms with Crippen molar-refractivity contribution in [2.75, 3.05) is 46.4 Å². The van der Waals surface area contributed by atoms with Crippen LogP contribution in [0.5, 0.6) is 5.88 Å². The van der Waals surface area contributed by atoms with Gasteiger partial charge in [0.2, 0.25) is 5.88 Å². The Morgan fingerprint density at radius 3 is 2.73 bits per heavy atom. The second kappa shape index (κ2) is 8.33. The van der Waals surface area contributed by atoms with Crippen LogP contribution in [-0.4, -0.2) is 77.8 Å². The predicted octanol–water partition coefficient (Wildman–Crippen LogP) is 0.678. The molecule has 1 fully saturated rings. The normalized spacial score (nSPS) is 15.1. The molecule has 1 N–H and O–H groups in total. The van der Waals surface area contributed by atoms with Crippen molar-refractivity contribution in [2.45, 2.75) is 0 Å². The topological polar surface area (TPSA) is 79.7 Å². The average molecular weight is 377 g/mol. The van der Waals surface area contributed by atoms with Gasteiger partial charge in [0, 0.05) is 63.5 Å². The van der Waals surface area contributed by atoms with E-state index in [1.807, 2.05) is 21.7 Å². The van der Waals surface area contributed by atoms with Crippen LogP contribution in [0.4, 0.5) is 0 Å². The molecule has 2 amide bonds. The lowest BCUT2D eigenvalue weighted by Crippen LogP contribution is -2.50. The molecule has 2 aromatic heterocycles. The van der Waals surface area contributed by atoms with Crippen molar-refractivity contribution >= 4 is 23.2 Å². The molecule has 0 aromatic carbocycles. The maximum atomic E-state index is 12.7. The summed E-state index contributed by atoms with van der Waals surface area (Å²) in [6.45, 7) is 4.23. The molecule has 9 heteroatoms. The molecular weight excluding hydrogens is 354 g/mol. The number of aromatic nitrogens is 2. The number of rotatable bonds is 6. The van der Waals surface area contributed by atoms with Crippen molar-refractivity contribution in [3.05, 3.63) is 34.2 Å². The van der Waals surface area contributed by atoms with Crippen LogP contribution in [-0.2, 0) is 7.05 Å². The van der Waals surface area contributed by atoms with E-state index in [2.05, 4.69) is 15.3 Å². The summed E-state index contributed by atoms with van der Waals surface area (Å²) in [5, 5.41) is 10.8. The number of ether oxygens (including phenoxy) is 1. The molecule has 2 aromatic rings. The van der Waals surface area contributed by atoms with Crippen LogP contribution in [0.15, 0.2) is 23.0 Å². The van der Waals surface area contributed by atoms with Crippen molar-refractivity contribution in [1.29, 1.82) is 0 Å². The fraction of sp³-hybridized carbons (Fsp3) is 0.471. The summed E-state index contributed by atoms with van der Waals surface area (Å²) in [6.07, 6.45) is 1.69. The maximum absolute atomic E-state index is 12.7. The van der Waals surface area contributed by atoms with Crippen LogP contribution in [0.25, 0.3) is 0 Å². The molecule has 1 aliphatic heterocycles. The fourth-order valence-corrected chi connectivity index (χ4v) is 3.57. The highest BCUT2D eigenvalue weighted by atomic mass is 32.1. The van der Waals surface area contributed by atoms with Gasteiger partial charge in [0.05, 0.1) is 7.11 Å². The number of nitrogens with one attached hydrogen (secondary N) is 1. The van der Waals surface area contributed by atoms with E-state index in [9.17, 15) is 9.59 Å². The van der Waals surface area contributed by atoms with Gasteiger partial charge in [-0.25, -0.2) is 0 Å². The number of aryl methyl sites for hydroxylation is 1. The smallest absolute Gasteiger partial charge is 0.261 e. The SMILES string of the molecule is COc1nn(C)cc1C(=O)N1CCN(CCNC(=O)c2ccsc2)CC1. The summed E-state index contributed by atoms with van der Waals surface area (Å²) in [7, 11) is 3.28. The third-order valence-corrected chi connectivity index (χ3v) is 5.06. The van der Waals surface area contributed by atoms with E-state index in [1.54, 1.807) is 17.9 Å². The highest BCUT2D eigenvalue weighted by Gasteiger charge is 2.26. The van der Waals surface area contributed by atoms with Gasteiger partial charge in [-0.05, 0) is 11.4 Å². The minimum Gasteiger partial charge on any atom is -0.479 e. The Hall–Kier alpha value is -2.39. The Morgan fingerprint density at radius 1 is 1.31 bits per heavy atom. The summed E-state index contributed by atoms with van der Waals surface area (Å²) in [6, 6.07) is 1.82. The second-order valence-corrected chi connectivity index (χ2v) is 6.91. The molecule has 140 valence electrons. The first-order chi connectivity index (χ1) is 12.6. The molecule has 0 spiro atoms. The van der Waals surface area contributed by atoms with Crippen molar-refractivity contribution in [2.24, 2.45) is 7.05 Å². The van der Waals surface area contributed by atoms with Crippen LogP contribution in [0.1, 0.15) is 20.7 Å². The monoisotopic (exact) mass is 377 g/mol. The molecule has 1 aliphatic rings. The number of nitrogens with zero attached hydrogens (tertiary/aromatic N) is 4. The standard InChI is InChI=1S/C17H23N5O3S/c1-20-11-14(16(19-20)25-2)17(24)22-8-6-21(7-9-22)5-4-18-15(23)13-3-10-26-12-13/h3,10-12H,4-9H2,1-2H3,(H,18,23). The number of piperazine rings is 1. The number of carbonyl (C=O) groups is 2. The third kappa shape index (κ3) is 4.23. The number of carbonyl (C=O) groups excluding carboxylic acids is 2. The van der Waals surface area contributed by atoms with Crippen LogP contribution >= 0.6 is 11.3 Å². The van der Waals surface area contributed by atoms with E-state index in [1.165, 1.54) is 18.4 Å². The van der Waals surface area contributed by atoms with E-state index in [0.29, 0.717) is 36.6 Å². The van der Waals surface area contributed by atoms with Gasteiger partial charge in [0.1, 0.15) is 5.56 Å². The Kier molecular flexibility index (Phi) is 5.89. The van der Waals surface area contributed by atoms with E-state index in [4.69, 9.17) is 4.74 Å². The fourth-order valence-electron chi connectivity index (χ4n) is 2.93. The van der Waals surface area contributed by atoms with Gasteiger partial charge in [0.15, 0.2) is 0 Å². The van der Waals surface area contributed by atoms with Gasteiger partial charge in [-0.15, -0.1) is 5.10 Å². The first-order valence-corrected chi connectivity index (χ1v) is 9.42. The lowest BCUT2D eigenvalue weighted by Gasteiger charge is -2.34. The lowest BCUT2D eigenvalue weighted by molar-refractivity contribution is 0.0635. The molecule has 8 nitrogen and oxygen atoms in total. The van der Waals surface area contributed by atoms with Crippen LogP contribution in [0.2, 0.25) is 0 Å². The van der Waals surface area contributed by atoms with E-state index in [0.717, 1.165) is 19.6 Å². The Labute approximate surface area is 156 Å². The quantitative estimate of drug-likeness (QED) is 0.801. The molecule has 0 bridgehead atoms. The molecule has 1 saturated heterocycles. The van der Waals surface area contributed by atoms with Crippen LogP contribution in [0.3, 0.4) is 0 Å². The number of hydrogen-bond donors (Lipinski definition) is 1. The number of hydrogen-bond acceptors (Lipinski definition) is 6. The molecule has 0 unspecified atom stereocenters. The van der Waals surface area contributed by atoms with Gasteiger partial charge in [-0.1, -0.05) is 0 Å². The van der Waals surface area contributed by atoms with Crippen LogP contribution in [0, 0.1) is 0 Å². The largest absolute Gasteiger partial charge is 0.479 e. The predicted molar refractivity (Wildman–Crippen MR) is 98.8 cm³/mol. The second-order valence-electron chi connectivity index (χ2n) is 6.13. The first kappa shape index (κ1) is 18.4. The van der Waals surface area contributed by atoms with Gasteiger partial charge in [0.25, 0.3) is 11.8 Å². The molecule has 0 atom stereocenters. The highest BCUT2D eigenvalue weighted by Crippen LogP contribution is 2.18. The minimum atomic E-state index is -0.0552. The van der Waals surface area contributed by atoms with E-state index >= 15 is 0 Å². The Balaban J connectivity index is 1.44. The number of methoxy groups -OCH3 is 1. The highest BCUT2D eigenvalue weighted by molar-refractivity contribution is 7.08. The lowest BCUT2D eigenvalue weighted by atomic mass is 10.2. The number of amides is 2. The molecule has 3 heterocycles. The Morgan fingerprint density at radius 2 is 2.08 bits per heavy atom. The molecule has 0 saturated carbocycles. The Bertz CT molecular complexity index is 751. The average Bonchev–Trinajstić information content (AvgIpc) is 3.31. The van der Waals surface area contributed by atoms with E-state index in [-0.39, 0.29) is 11.8 Å². The zero-order chi connectivity index (χ0) is 18.5. The van der Waals surface area contributed by atoms with Gasteiger partial charge in [-0.3, -0.25) is 19.2 Å². The molecule has 26 heavy (non-hydrogen) atoms. The minimum absolute atomic E-state index is 0.0382. The molecule has 3 rings (SSSR count). The van der Waals surface area contributed by atoms with E-state index < -0.39 is 0 Å². The summed E-state index contributed by atoms with van der Waals surface area (Å²) in [5.41, 5.74) is 1.20. The van der Waals surface area contributed by atoms with Crippen LogP contribution < -0.4 is 10.1 Å². The summed E-state index contributed by atoms with van der Waals surface area (Å²) >= 11 is 1.51. The summed E-state index contributed by atoms with van der Waals surface area (Å²) < 4.78 is 6.76. The van der Waals surface area contributed by atoms with Crippen molar-refractivity contribution in [3.63, 3.8) is 0 Å². The molecular formula is C17H23N5O3S. The summed E-state index contributed by atoms with van der Waals surface area (Å²) in [4.78, 5) is 28.6. The van der Waals surface area contributed by atoms with Gasteiger partial charge < -0.3 is 15.0 Å². The number of thiophene rings is 1. The van der Waals surface area contributed by atoms with Crippen molar-refractivity contribution < 1.29 is 14.3 Å². The summed E-state index contributed by atoms with van der Waals surface area (Å²) in [5.74, 6) is 0.264. The zero-order valence-electron chi connectivity index (χ0n) is 15.0. The molecule has 0 radical (unpaired) electrons. The molecule has 0 aliphatic carbocycles. The van der Waals surface area contributed by atoms with Crippen molar-refractivity contribution in [3.8, 4) is 5.88 Å². The maximum Gasteiger partial charge on any atom is 0.261 e. The first-order valence-electron chi connectivity index (χ1n) is 8.48.